The summed E-state index contributed by atoms with van der Waals surface area (Å²) < 4.78 is 36.7. The first kappa shape index (κ1) is 25.7. The summed E-state index contributed by atoms with van der Waals surface area (Å²) in [6, 6.07) is 7.41. The number of anilines is 3. The van der Waals surface area contributed by atoms with E-state index < -0.39 is 6.43 Å². The third kappa shape index (κ3) is 4.75. The molecule has 1 aromatic carbocycles. The van der Waals surface area contributed by atoms with Crippen molar-refractivity contribution in [3.05, 3.63) is 52.8 Å². The molecule has 0 saturated carbocycles. The number of aromatic nitrogens is 3. The van der Waals surface area contributed by atoms with Crippen LogP contribution in [0.1, 0.15) is 61.0 Å². The summed E-state index contributed by atoms with van der Waals surface area (Å²) in [6.45, 7) is 4.82. The lowest BCUT2D eigenvalue weighted by Crippen LogP contribution is -2.36. The number of alkyl halides is 2. The van der Waals surface area contributed by atoms with Gasteiger partial charge in [-0.05, 0) is 61.1 Å². The summed E-state index contributed by atoms with van der Waals surface area (Å²) in [5, 5.41) is 8.12. The number of halogens is 2. The van der Waals surface area contributed by atoms with Gasteiger partial charge in [0.05, 0.1) is 12.6 Å². The molecule has 3 aromatic rings. The highest BCUT2D eigenvalue weighted by molar-refractivity contribution is 5.78. The number of hydrogen-bond acceptors (Lipinski definition) is 6. The van der Waals surface area contributed by atoms with Gasteiger partial charge in [-0.15, -0.1) is 0 Å². The summed E-state index contributed by atoms with van der Waals surface area (Å²) in [7, 11) is 1.78. The topological polar surface area (TPSA) is 75.5 Å². The van der Waals surface area contributed by atoms with Crippen molar-refractivity contribution in [1.82, 2.24) is 19.7 Å². The Labute approximate surface area is 227 Å². The Morgan fingerprint density at radius 3 is 2.67 bits per heavy atom. The maximum atomic E-state index is 14.5. The number of nitrogens with one attached hydrogen (secondary N) is 1. The molecule has 0 atom stereocenters. The van der Waals surface area contributed by atoms with Gasteiger partial charge in [-0.25, -0.2) is 13.8 Å². The number of aryl methyl sites for hydroxylation is 1. The fraction of sp³-hybridized carbons (Fsp3) is 0.483. The van der Waals surface area contributed by atoms with Crippen molar-refractivity contribution in [3.8, 4) is 11.1 Å². The van der Waals surface area contributed by atoms with E-state index in [0.29, 0.717) is 49.8 Å². The van der Waals surface area contributed by atoms with E-state index in [9.17, 15) is 13.6 Å². The molecule has 1 N–H and O–H groups in total. The monoisotopic (exact) mass is 536 g/mol. The van der Waals surface area contributed by atoms with Gasteiger partial charge in [0, 0.05) is 81.0 Å². The van der Waals surface area contributed by atoms with Gasteiger partial charge in [-0.2, -0.15) is 5.10 Å². The van der Waals surface area contributed by atoms with E-state index in [2.05, 4.69) is 19.9 Å². The Morgan fingerprint density at radius 2 is 1.97 bits per heavy atom. The van der Waals surface area contributed by atoms with E-state index in [1.807, 2.05) is 17.0 Å². The van der Waals surface area contributed by atoms with Gasteiger partial charge in [0.1, 0.15) is 5.82 Å². The Bertz CT molecular complexity index is 1370. The van der Waals surface area contributed by atoms with Crippen LogP contribution in [-0.4, -0.2) is 58.9 Å². The van der Waals surface area contributed by atoms with E-state index in [1.165, 1.54) is 0 Å². The fourth-order valence-electron chi connectivity index (χ4n) is 6.15. The number of benzene rings is 1. The third-order valence-corrected chi connectivity index (χ3v) is 8.24. The molecule has 1 amide bonds. The molecule has 6 rings (SSSR count). The largest absolute Gasteiger partial charge is 0.381 e. The highest BCUT2D eigenvalue weighted by Crippen LogP contribution is 2.43. The molecule has 2 aromatic heterocycles. The van der Waals surface area contributed by atoms with Crippen LogP contribution in [0.2, 0.25) is 0 Å². The zero-order chi connectivity index (χ0) is 27.1. The predicted octanol–water partition coefficient (Wildman–Crippen LogP) is 5.26. The summed E-state index contributed by atoms with van der Waals surface area (Å²) >= 11 is 0. The number of nitrogens with zero attached hydrogens (tertiary/aromatic N) is 5. The molecule has 1 saturated heterocycles. The van der Waals surface area contributed by atoms with Gasteiger partial charge in [-0.3, -0.25) is 9.48 Å². The summed E-state index contributed by atoms with van der Waals surface area (Å²) in [4.78, 5) is 20.6. The van der Waals surface area contributed by atoms with Gasteiger partial charge < -0.3 is 19.9 Å². The summed E-state index contributed by atoms with van der Waals surface area (Å²) in [5.41, 5.74) is 5.16. The molecule has 0 unspecified atom stereocenters. The number of fused-ring (bicyclic) bond motifs is 2. The zero-order valence-corrected chi connectivity index (χ0v) is 22.4. The van der Waals surface area contributed by atoms with Crippen molar-refractivity contribution in [3.63, 3.8) is 0 Å². The number of hydrogen-bond donors (Lipinski definition) is 1. The Balaban J connectivity index is 1.45. The molecule has 39 heavy (non-hydrogen) atoms. The van der Waals surface area contributed by atoms with E-state index in [4.69, 9.17) is 9.84 Å². The first-order chi connectivity index (χ1) is 18.9. The number of rotatable bonds is 5. The van der Waals surface area contributed by atoms with Crippen LogP contribution in [0.3, 0.4) is 0 Å². The molecule has 1 fully saturated rings. The van der Waals surface area contributed by atoms with Crippen molar-refractivity contribution < 1.29 is 18.3 Å². The van der Waals surface area contributed by atoms with Crippen LogP contribution in [0.25, 0.3) is 11.1 Å². The average Bonchev–Trinajstić information content (AvgIpc) is 3.35. The number of pyridine rings is 1. The molecule has 3 aliphatic rings. The number of amides is 1. The lowest BCUT2D eigenvalue weighted by Gasteiger charge is -2.33. The van der Waals surface area contributed by atoms with Crippen LogP contribution in [0.4, 0.5) is 26.1 Å². The lowest BCUT2D eigenvalue weighted by atomic mass is 9.92. The van der Waals surface area contributed by atoms with E-state index in [-0.39, 0.29) is 17.5 Å². The molecule has 0 radical (unpaired) electrons. The minimum absolute atomic E-state index is 0.0113. The number of carbonyl (C=O) groups excluding carboxylic acids is 1. The van der Waals surface area contributed by atoms with Gasteiger partial charge in [0.15, 0.2) is 5.82 Å². The van der Waals surface area contributed by atoms with Crippen LogP contribution in [-0.2, 0) is 28.9 Å². The lowest BCUT2D eigenvalue weighted by molar-refractivity contribution is -0.129. The minimum Gasteiger partial charge on any atom is -0.381 e. The summed E-state index contributed by atoms with van der Waals surface area (Å²) in [6.07, 6.45) is 3.19. The zero-order valence-electron chi connectivity index (χ0n) is 22.4. The van der Waals surface area contributed by atoms with Crippen molar-refractivity contribution in [1.29, 1.82) is 0 Å². The van der Waals surface area contributed by atoms with Crippen molar-refractivity contribution >= 4 is 23.2 Å². The normalized spacial score (nSPS) is 17.8. The molecule has 3 aliphatic heterocycles. The molecule has 0 bridgehead atoms. The molecular weight excluding hydrogens is 502 g/mol. The van der Waals surface area contributed by atoms with Gasteiger partial charge in [-0.1, -0.05) is 0 Å². The smallest absolute Gasteiger partial charge is 0.264 e. The van der Waals surface area contributed by atoms with Gasteiger partial charge in [0.2, 0.25) is 5.91 Å². The van der Waals surface area contributed by atoms with E-state index in [1.54, 1.807) is 32.3 Å². The number of carbonyl (C=O) groups is 1. The average molecular weight is 537 g/mol. The SMILES string of the molecule is CNc1ccc(-c2cc3c(cc2C(F)F)N(c2nn(C4CCOCC4)c4c2CN(C(C)=O)CC4)CCC3)cn1. The number of ether oxygens (including phenoxy) is 1. The quantitative estimate of drug-likeness (QED) is 0.479. The fourth-order valence-corrected chi connectivity index (χ4v) is 6.15. The molecule has 206 valence electrons. The molecular formula is C29H34F2N6O2. The maximum Gasteiger partial charge on any atom is 0.264 e. The third-order valence-electron chi connectivity index (χ3n) is 8.24. The minimum atomic E-state index is -2.64. The molecule has 5 heterocycles. The molecule has 8 nitrogen and oxygen atoms in total. The predicted molar refractivity (Wildman–Crippen MR) is 146 cm³/mol. The van der Waals surface area contributed by atoms with Crippen LogP contribution >= 0.6 is 0 Å². The molecule has 0 aliphatic carbocycles. The second-order valence-corrected chi connectivity index (χ2v) is 10.5. The summed E-state index contributed by atoms with van der Waals surface area (Å²) in [5.74, 6) is 1.51. The highest BCUT2D eigenvalue weighted by Gasteiger charge is 2.34. The first-order valence-corrected chi connectivity index (χ1v) is 13.7. The van der Waals surface area contributed by atoms with Crippen LogP contribution < -0.4 is 10.2 Å². The van der Waals surface area contributed by atoms with Gasteiger partial charge in [0.25, 0.3) is 6.43 Å². The van der Waals surface area contributed by atoms with Crippen molar-refractivity contribution in [2.24, 2.45) is 0 Å². The maximum absolute atomic E-state index is 14.5. The van der Waals surface area contributed by atoms with E-state index >= 15 is 0 Å². The first-order valence-electron chi connectivity index (χ1n) is 13.7. The highest BCUT2D eigenvalue weighted by atomic mass is 19.3. The van der Waals surface area contributed by atoms with Crippen molar-refractivity contribution in [2.75, 3.05) is 43.6 Å². The second-order valence-electron chi connectivity index (χ2n) is 10.5. The second kappa shape index (κ2) is 10.6. The van der Waals surface area contributed by atoms with Gasteiger partial charge >= 0.3 is 0 Å². The van der Waals surface area contributed by atoms with Crippen LogP contribution in [0, 0.1) is 0 Å². The Hall–Kier alpha value is -3.53. The van der Waals surface area contributed by atoms with E-state index in [0.717, 1.165) is 60.4 Å². The molecule has 0 spiro atoms. The van der Waals surface area contributed by atoms with Crippen LogP contribution in [0.15, 0.2) is 30.5 Å². The standard InChI is InChI=1S/C29H34F2N6O2/c1-18(38)35-11-7-25-24(17-35)29(34-37(25)21-8-12-39-13-9-21)36-10-3-4-19-14-22(23(28(30)31)15-26(19)36)20-5-6-27(32-2)33-16-20/h5-6,14-16,21,28H,3-4,7-13,17H2,1-2H3,(H,32,33). The Kier molecular flexibility index (Phi) is 6.97. The molecule has 10 heteroatoms. The van der Waals surface area contributed by atoms with Crippen molar-refractivity contribution in [2.45, 2.75) is 58.0 Å². The van der Waals surface area contributed by atoms with Crippen LogP contribution in [0.5, 0.6) is 0 Å². The Morgan fingerprint density at radius 1 is 1.15 bits per heavy atom.